The lowest BCUT2D eigenvalue weighted by Crippen LogP contribution is -2.45. The minimum Gasteiger partial charge on any atom is -0.319 e. The van der Waals surface area contributed by atoms with Gasteiger partial charge in [-0.25, -0.2) is 0 Å². The fourth-order valence-corrected chi connectivity index (χ4v) is 1.75. The molecule has 4 nitrogen and oxygen atoms in total. The zero-order valence-electron chi connectivity index (χ0n) is 8.28. The van der Waals surface area contributed by atoms with Gasteiger partial charge in [-0.2, -0.15) is 22.0 Å². The van der Waals surface area contributed by atoms with Crippen LogP contribution in [0.15, 0.2) is 11.4 Å². The number of halogens is 6. The van der Waals surface area contributed by atoms with Gasteiger partial charge in [0, 0.05) is 11.4 Å². The van der Waals surface area contributed by atoms with Crippen LogP contribution in [0, 0.1) is 10.1 Å². The van der Waals surface area contributed by atoms with Crippen LogP contribution in [0.5, 0.6) is 0 Å². The van der Waals surface area contributed by atoms with Crippen molar-refractivity contribution in [2.45, 2.75) is 18.1 Å². The highest BCUT2D eigenvalue weighted by molar-refractivity contribution is 7.13. The highest BCUT2D eigenvalue weighted by Crippen LogP contribution is 2.44. The minimum atomic E-state index is -5.80. The molecule has 0 aromatic carbocycles. The first-order valence-electron chi connectivity index (χ1n) is 4.00. The Kier molecular flexibility index (Phi) is 5.03. The van der Waals surface area contributed by atoms with Gasteiger partial charge in [-0.05, 0) is 5.56 Å². The smallest absolute Gasteiger partial charge is 0.319 e. The Bertz CT molecular complexity index is 436. The van der Waals surface area contributed by atoms with Crippen molar-refractivity contribution in [3.63, 3.8) is 0 Å². The first-order valence-corrected chi connectivity index (χ1v) is 4.88. The molecule has 1 rings (SSSR count). The van der Waals surface area contributed by atoms with E-state index in [2.05, 4.69) is 0 Å². The molecule has 18 heavy (non-hydrogen) atoms. The van der Waals surface area contributed by atoms with Crippen LogP contribution in [0.25, 0.3) is 0 Å². The van der Waals surface area contributed by atoms with Gasteiger partial charge in [0.15, 0.2) is 0 Å². The first-order chi connectivity index (χ1) is 7.57. The lowest BCUT2D eigenvalue weighted by Gasteiger charge is -2.24. The van der Waals surface area contributed by atoms with Gasteiger partial charge in [0.1, 0.15) is 6.04 Å². The summed E-state index contributed by atoms with van der Waals surface area (Å²) in [5.74, 6) is -5.14. The number of nitrogens with two attached hydrogens (primary N) is 1. The molecule has 0 saturated heterocycles. The van der Waals surface area contributed by atoms with E-state index in [1.165, 1.54) is 0 Å². The first kappa shape index (κ1) is 17.0. The van der Waals surface area contributed by atoms with Crippen molar-refractivity contribution >= 4 is 28.7 Å². The van der Waals surface area contributed by atoms with Crippen LogP contribution in [0.4, 0.5) is 27.0 Å². The summed E-state index contributed by atoms with van der Waals surface area (Å²) in [5, 5.41) is 10.5. The summed E-state index contributed by atoms with van der Waals surface area (Å²) in [5.41, 5.74) is 4.17. The van der Waals surface area contributed by atoms with Crippen LogP contribution in [-0.2, 0) is 0 Å². The summed E-state index contributed by atoms with van der Waals surface area (Å²) in [6, 6.07) is -2.05. The summed E-state index contributed by atoms with van der Waals surface area (Å²) >= 11 is 0.433. The number of hydrogen-bond donors (Lipinski definition) is 1. The summed E-state index contributed by atoms with van der Waals surface area (Å²) < 4.78 is 61.5. The molecular weight excluding hydrogens is 307 g/mol. The summed E-state index contributed by atoms with van der Waals surface area (Å²) in [6.07, 6.45) is -5.80. The molecule has 2 N–H and O–H groups in total. The molecule has 0 bridgehead atoms. The van der Waals surface area contributed by atoms with Gasteiger partial charge < -0.3 is 5.73 Å². The van der Waals surface area contributed by atoms with Crippen molar-refractivity contribution in [1.29, 1.82) is 0 Å². The van der Waals surface area contributed by atoms with Gasteiger partial charge in [-0.1, -0.05) is 11.3 Å². The molecule has 0 amide bonds. The van der Waals surface area contributed by atoms with Crippen molar-refractivity contribution in [3.8, 4) is 0 Å². The molecule has 0 aliphatic carbocycles. The maximum absolute atomic E-state index is 12.8. The summed E-state index contributed by atoms with van der Waals surface area (Å²) in [4.78, 5) is 9.35. The highest BCUT2D eigenvalue weighted by atomic mass is 35.5. The van der Waals surface area contributed by atoms with Gasteiger partial charge in [-0.3, -0.25) is 10.1 Å². The second-order valence-corrected chi connectivity index (χ2v) is 3.96. The monoisotopic (exact) mass is 312 g/mol. The standard InChI is InChI=1S/C7H5F5N2O2S.ClH/c8-6(9,7(10,11)12)5(13)3-1-4(14(15)16)17-2-3;/h1-2,5H,13H2;1H/t5-;/m1./s1. The van der Waals surface area contributed by atoms with E-state index in [0.29, 0.717) is 17.4 Å². The Morgan fingerprint density at radius 3 is 2.17 bits per heavy atom. The van der Waals surface area contributed by atoms with E-state index in [-0.39, 0.29) is 12.4 Å². The molecule has 11 heteroatoms. The van der Waals surface area contributed by atoms with Crippen LogP contribution in [-0.4, -0.2) is 17.0 Å². The molecule has 0 spiro atoms. The maximum atomic E-state index is 12.8. The molecule has 0 aliphatic heterocycles. The van der Waals surface area contributed by atoms with Gasteiger partial charge in [0.2, 0.25) is 0 Å². The average Bonchev–Trinajstić information content (AvgIpc) is 2.63. The van der Waals surface area contributed by atoms with E-state index in [1.54, 1.807) is 0 Å². The van der Waals surface area contributed by atoms with Crippen molar-refractivity contribution in [2.24, 2.45) is 5.73 Å². The topological polar surface area (TPSA) is 69.2 Å². The third-order valence-electron chi connectivity index (χ3n) is 1.91. The van der Waals surface area contributed by atoms with Crippen molar-refractivity contribution < 1.29 is 26.9 Å². The summed E-state index contributed by atoms with van der Waals surface area (Å²) in [7, 11) is 0. The lowest BCUT2D eigenvalue weighted by molar-refractivity contribution is -0.380. The third kappa shape index (κ3) is 3.06. The average molecular weight is 313 g/mol. The predicted molar refractivity (Wildman–Crippen MR) is 56.2 cm³/mol. The predicted octanol–water partition coefficient (Wildman–Crippen LogP) is 3.28. The van der Waals surface area contributed by atoms with E-state index in [9.17, 15) is 32.1 Å². The molecule has 0 fully saturated rings. The van der Waals surface area contributed by atoms with E-state index < -0.39 is 33.6 Å². The Morgan fingerprint density at radius 1 is 1.33 bits per heavy atom. The Balaban J connectivity index is 0.00000289. The normalized spacial score (nSPS) is 13.9. The molecule has 1 aromatic heterocycles. The van der Waals surface area contributed by atoms with Gasteiger partial charge >= 0.3 is 17.1 Å². The second-order valence-electron chi connectivity index (χ2n) is 3.07. The van der Waals surface area contributed by atoms with Crippen molar-refractivity contribution in [3.05, 3.63) is 27.1 Å². The number of rotatable bonds is 3. The highest BCUT2D eigenvalue weighted by Gasteiger charge is 2.61. The number of alkyl halides is 5. The maximum Gasteiger partial charge on any atom is 0.455 e. The van der Waals surface area contributed by atoms with Crippen LogP contribution in [0.3, 0.4) is 0 Å². The minimum absolute atomic E-state index is 0. The van der Waals surface area contributed by atoms with Crippen molar-refractivity contribution in [2.75, 3.05) is 0 Å². The van der Waals surface area contributed by atoms with Crippen LogP contribution in [0.2, 0.25) is 0 Å². The van der Waals surface area contributed by atoms with Crippen LogP contribution < -0.4 is 5.73 Å². The van der Waals surface area contributed by atoms with Crippen molar-refractivity contribution in [1.82, 2.24) is 0 Å². The Labute approximate surface area is 107 Å². The molecule has 1 atom stereocenters. The van der Waals surface area contributed by atoms with E-state index >= 15 is 0 Å². The molecule has 0 saturated carbocycles. The quantitative estimate of drug-likeness (QED) is 0.529. The second kappa shape index (κ2) is 5.33. The molecule has 1 aromatic rings. The fourth-order valence-electron chi connectivity index (χ4n) is 0.983. The van der Waals surface area contributed by atoms with Gasteiger partial charge in [0.25, 0.3) is 0 Å². The molecular formula is C7H6ClF5N2O2S. The number of hydrogen-bond acceptors (Lipinski definition) is 4. The van der Waals surface area contributed by atoms with E-state index in [0.717, 1.165) is 5.38 Å². The zero-order valence-corrected chi connectivity index (χ0v) is 9.91. The SMILES string of the molecule is Cl.N[C@H](c1csc([N+](=O)[O-])c1)C(F)(F)C(F)(F)F. The Hall–Kier alpha value is -1.00. The summed E-state index contributed by atoms with van der Waals surface area (Å²) in [6.45, 7) is 0. The fraction of sp³-hybridized carbons (Fsp3) is 0.429. The molecule has 1 heterocycles. The third-order valence-corrected chi connectivity index (χ3v) is 2.81. The van der Waals surface area contributed by atoms with Crippen LogP contribution >= 0.6 is 23.7 Å². The lowest BCUT2D eigenvalue weighted by atomic mass is 10.0. The van der Waals surface area contributed by atoms with Gasteiger partial charge in [0.05, 0.1) is 4.92 Å². The number of nitro groups is 1. The molecule has 104 valence electrons. The number of nitrogens with zero attached hydrogens (tertiary/aromatic N) is 1. The van der Waals surface area contributed by atoms with Crippen LogP contribution in [0.1, 0.15) is 11.6 Å². The van der Waals surface area contributed by atoms with Gasteiger partial charge in [-0.15, -0.1) is 12.4 Å². The molecule has 0 unspecified atom stereocenters. The number of thiophene rings is 1. The molecule has 0 radical (unpaired) electrons. The Morgan fingerprint density at radius 2 is 1.83 bits per heavy atom. The largest absolute Gasteiger partial charge is 0.455 e. The van der Waals surface area contributed by atoms with E-state index in [1.807, 2.05) is 0 Å². The zero-order chi connectivity index (χ0) is 13.4. The molecule has 0 aliphatic rings. The van der Waals surface area contributed by atoms with E-state index in [4.69, 9.17) is 5.73 Å².